The monoisotopic (exact) mass is 445 g/mol. The zero-order valence-corrected chi connectivity index (χ0v) is 17.1. The second kappa shape index (κ2) is 8.41. The molecule has 1 heterocycles. The third-order valence-electron chi connectivity index (χ3n) is 5.43. The van der Waals surface area contributed by atoms with Crippen molar-refractivity contribution in [2.75, 3.05) is 14.2 Å². The lowest BCUT2D eigenvalue weighted by Crippen LogP contribution is -2.37. The van der Waals surface area contributed by atoms with Gasteiger partial charge < -0.3 is 14.2 Å². The molecule has 3 aromatic rings. The zero-order chi connectivity index (χ0) is 23.0. The number of benzene rings is 3. The molecule has 9 heteroatoms. The third kappa shape index (κ3) is 3.81. The van der Waals surface area contributed by atoms with Crippen LogP contribution in [0.4, 0.5) is 13.2 Å². The van der Waals surface area contributed by atoms with E-state index >= 15 is 0 Å². The summed E-state index contributed by atoms with van der Waals surface area (Å²) in [6.07, 6.45) is -1.48. The summed E-state index contributed by atoms with van der Waals surface area (Å²) in [4.78, 5) is 11.1. The van der Waals surface area contributed by atoms with Gasteiger partial charge in [-0.3, -0.25) is 10.1 Å². The van der Waals surface area contributed by atoms with E-state index < -0.39 is 40.1 Å². The van der Waals surface area contributed by atoms with Gasteiger partial charge in [0.1, 0.15) is 11.6 Å². The molecule has 166 valence electrons. The Bertz CT molecular complexity index is 1200. The molecule has 0 fully saturated rings. The van der Waals surface area contributed by atoms with E-state index in [0.29, 0.717) is 34.9 Å². The van der Waals surface area contributed by atoms with Crippen LogP contribution >= 0.6 is 0 Å². The molecule has 3 aromatic carbocycles. The van der Waals surface area contributed by atoms with Crippen molar-refractivity contribution in [1.82, 2.24) is 0 Å². The van der Waals surface area contributed by atoms with Gasteiger partial charge in [-0.15, -0.1) is 0 Å². The van der Waals surface area contributed by atoms with Crippen LogP contribution in [0.3, 0.4) is 0 Å². The standard InChI is InChI=1S/C23H18F3NO5/c1-30-21-6-4-13(9-22(21)31-2)12-3-5-20-14(7-12)8-19(27(28)29)23(32-20)15-10-17(25)18(26)11-16(15)24/h3-7,9-11,19,23H,8H2,1-2H3. The number of halogens is 3. The first-order valence-corrected chi connectivity index (χ1v) is 9.62. The third-order valence-corrected chi connectivity index (χ3v) is 5.43. The Hall–Kier alpha value is -3.75. The molecule has 1 aliphatic heterocycles. The number of hydrogen-bond donors (Lipinski definition) is 0. The van der Waals surface area contributed by atoms with Gasteiger partial charge in [0.25, 0.3) is 6.04 Å². The van der Waals surface area contributed by atoms with Gasteiger partial charge in [0.15, 0.2) is 29.2 Å². The Morgan fingerprint density at radius 1 is 0.906 bits per heavy atom. The number of ether oxygens (including phenoxy) is 3. The molecular weight excluding hydrogens is 427 g/mol. The molecular formula is C23H18F3NO5. The second-order valence-electron chi connectivity index (χ2n) is 7.28. The topological polar surface area (TPSA) is 70.8 Å². The molecule has 0 aromatic heterocycles. The number of nitrogens with zero attached hydrogens (tertiary/aromatic N) is 1. The molecule has 0 N–H and O–H groups in total. The molecule has 0 amide bonds. The minimum absolute atomic E-state index is 0.0768. The lowest BCUT2D eigenvalue weighted by atomic mass is 9.91. The SMILES string of the molecule is COc1ccc(-c2ccc3c(c2)CC([N+](=O)[O-])C(c2cc(F)c(F)cc2F)O3)cc1OC. The van der Waals surface area contributed by atoms with Gasteiger partial charge in [-0.1, -0.05) is 12.1 Å². The van der Waals surface area contributed by atoms with E-state index in [1.54, 1.807) is 30.3 Å². The molecule has 2 atom stereocenters. The van der Waals surface area contributed by atoms with Crippen LogP contribution < -0.4 is 14.2 Å². The van der Waals surface area contributed by atoms with Crippen LogP contribution in [-0.4, -0.2) is 25.2 Å². The minimum Gasteiger partial charge on any atom is -0.493 e. The van der Waals surface area contributed by atoms with Crippen LogP contribution in [0.5, 0.6) is 17.2 Å². The summed E-state index contributed by atoms with van der Waals surface area (Å²) in [6, 6.07) is 10.0. The Morgan fingerprint density at radius 2 is 1.56 bits per heavy atom. The van der Waals surface area contributed by atoms with E-state index in [-0.39, 0.29) is 6.42 Å². The maximum Gasteiger partial charge on any atom is 0.257 e. The van der Waals surface area contributed by atoms with Crippen molar-refractivity contribution in [2.24, 2.45) is 0 Å². The summed E-state index contributed by atoms with van der Waals surface area (Å²) in [5.41, 5.74) is 1.68. The summed E-state index contributed by atoms with van der Waals surface area (Å²) in [6.45, 7) is 0. The molecule has 0 saturated heterocycles. The van der Waals surface area contributed by atoms with E-state index in [1.165, 1.54) is 14.2 Å². The lowest BCUT2D eigenvalue weighted by molar-refractivity contribution is -0.535. The second-order valence-corrected chi connectivity index (χ2v) is 7.28. The number of rotatable bonds is 5. The molecule has 32 heavy (non-hydrogen) atoms. The fourth-order valence-electron chi connectivity index (χ4n) is 3.81. The first kappa shape index (κ1) is 21.5. The number of nitro groups is 1. The van der Waals surface area contributed by atoms with Crippen molar-refractivity contribution in [2.45, 2.75) is 18.6 Å². The Balaban J connectivity index is 1.73. The number of methoxy groups -OCH3 is 2. The van der Waals surface area contributed by atoms with Gasteiger partial charge >= 0.3 is 0 Å². The molecule has 6 nitrogen and oxygen atoms in total. The highest BCUT2D eigenvalue weighted by Crippen LogP contribution is 2.40. The lowest BCUT2D eigenvalue weighted by Gasteiger charge is -2.29. The van der Waals surface area contributed by atoms with Gasteiger partial charge in [0, 0.05) is 28.5 Å². The molecule has 0 spiro atoms. The van der Waals surface area contributed by atoms with Crippen LogP contribution in [-0.2, 0) is 6.42 Å². The predicted molar refractivity (Wildman–Crippen MR) is 109 cm³/mol. The van der Waals surface area contributed by atoms with Crippen LogP contribution in [0.2, 0.25) is 0 Å². The maximum atomic E-state index is 14.3. The highest BCUT2D eigenvalue weighted by atomic mass is 19.2. The van der Waals surface area contributed by atoms with Crippen molar-refractivity contribution in [3.63, 3.8) is 0 Å². The van der Waals surface area contributed by atoms with Gasteiger partial charge in [-0.25, -0.2) is 13.2 Å². The van der Waals surface area contributed by atoms with Crippen molar-refractivity contribution in [3.8, 4) is 28.4 Å². The number of hydrogen-bond acceptors (Lipinski definition) is 5. The molecule has 1 aliphatic rings. The quantitative estimate of drug-likeness (QED) is 0.310. The van der Waals surface area contributed by atoms with E-state index in [9.17, 15) is 23.3 Å². The fourth-order valence-corrected chi connectivity index (χ4v) is 3.81. The summed E-state index contributed by atoms with van der Waals surface area (Å²) in [7, 11) is 3.04. The number of fused-ring (bicyclic) bond motifs is 1. The molecule has 0 saturated carbocycles. The fraction of sp³-hybridized carbons (Fsp3) is 0.217. The molecule has 4 rings (SSSR count). The van der Waals surface area contributed by atoms with E-state index in [0.717, 1.165) is 11.1 Å². The minimum atomic E-state index is -1.40. The Labute approximate surface area is 181 Å². The van der Waals surface area contributed by atoms with E-state index in [2.05, 4.69) is 0 Å². The average molecular weight is 445 g/mol. The van der Waals surface area contributed by atoms with E-state index in [1.807, 2.05) is 6.07 Å². The normalized spacial score (nSPS) is 17.3. The zero-order valence-electron chi connectivity index (χ0n) is 17.1. The van der Waals surface area contributed by atoms with Crippen molar-refractivity contribution >= 4 is 0 Å². The summed E-state index contributed by atoms with van der Waals surface area (Å²) in [5.74, 6) is -2.40. The van der Waals surface area contributed by atoms with Crippen molar-refractivity contribution in [3.05, 3.63) is 87.2 Å². The van der Waals surface area contributed by atoms with Crippen molar-refractivity contribution < 1.29 is 32.3 Å². The van der Waals surface area contributed by atoms with Gasteiger partial charge in [-0.2, -0.15) is 0 Å². The van der Waals surface area contributed by atoms with Crippen LogP contribution in [0.1, 0.15) is 17.2 Å². The highest BCUT2D eigenvalue weighted by Gasteiger charge is 2.41. The van der Waals surface area contributed by atoms with Crippen LogP contribution in [0.15, 0.2) is 48.5 Å². The predicted octanol–water partition coefficient (Wildman–Crippen LogP) is 5.11. The first-order chi connectivity index (χ1) is 15.3. The van der Waals surface area contributed by atoms with Gasteiger partial charge in [-0.05, 0) is 41.5 Å². The average Bonchev–Trinajstić information content (AvgIpc) is 2.79. The Morgan fingerprint density at radius 3 is 2.25 bits per heavy atom. The largest absolute Gasteiger partial charge is 0.493 e. The maximum absolute atomic E-state index is 14.3. The van der Waals surface area contributed by atoms with Crippen molar-refractivity contribution in [1.29, 1.82) is 0 Å². The summed E-state index contributed by atoms with van der Waals surface area (Å²) in [5, 5.41) is 11.7. The van der Waals surface area contributed by atoms with Crippen LogP contribution in [0, 0.1) is 27.6 Å². The molecule has 0 bridgehead atoms. The van der Waals surface area contributed by atoms with E-state index in [4.69, 9.17) is 14.2 Å². The summed E-state index contributed by atoms with van der Waals surface area (Å²) >= 11 is 0. The molecule has 0 aliphatic carbocycles. The highest BCUT2D eigenvalue weighted by molar-refractivity contribution is 5.69. The smallest absolute Gasteiger partial charge is 0.257 e. The van der Waals surface area contributed by atoms with Gasteiger partial charge in [0.05, 0.1) is 14.2 Å². The molecule has 0 radical (unpaired) electrons. The van der Waals surface area contributed by atoms with Crippen LogP contribution in [0.25, 0.3) is 11.1 Å². The first-order valence-electron chi connectivity index (χ1n) is 9.62. The van der Waals surface area contributed by atoms with Gasteiger partial charge in [0.2, 0.25) is 0 Å². The molecule has 2 unspecified atom stereocenters. The summed E-state index contributed by atoms with van der Waals surface area (Å²) < 4.78 is 57.6. The Kier molecular flexibility index (Phi) is 5.65.